The number of benzene rings is 1. The van der Waals surface area contributed by atoms with E-state index in [-0.39, 0.29) is 6.04 Å². The van der Waals surface area contributed by atoms with Crippen molar-refractivity contribution in [2.45, 2.75) is 19.1 Å². The second-order valence-electron chi connectivity index (χ2n) is 4.31. The van der Waals surface area contributed by atoms with Crippen LogP contribution in [0.5, 0.6) is 0 Å². The van der Waals surface area contributed by atoms with Crippen LogP contribution in [0.25, 0.3) is 11.3 Å². The van der Waals surface area contributed by atoms with Crippen LogP contribution in [0.3, 0.4) is 0 Å². The molecule has 0 spiro atoms. The van der Waals surface area contributed by atoms with Crippen molar-refractivity contribution in [3.8, 4) is 11.3 Å². The number of pyridine rings is 1. The summed E-state index contributed by atoms with van der Waals surface area (Å²) in [6.07, 6.45) is -4.32. The molecule has 0 radical (unpaired) electrons. The Labute approximate surface area is 109 Å². The van der Waals surface area contributed by atoms with Gasteiger partial charge in [-0.05, 0) is 31.2 Å². The van der Waals surface area contributed by atoms with Gasteiger partial charge in [-0.1, -0.05) is 18.2 Å². The van der Waals surface area contributed by atoms with E-state index >= 15 is 0 Å². The molecule has 0 fully saturated rings. The van der Waals surface area contributed by atoms with Crippen LogP contribution < -0.4 is 5.73 Å². The average molecular weight is 266 g/mol. The van der Waals surface area contributed by atoms with Gasteiger partial charge in [0, 0.05) is 11.6 Å². The molecule has 19 heavy (non-hydrogen) atoms. The number of alkyl halides is 3. The minimum Gasteiger partial charge on any atom is -0.323 e. The van der Waals surface area contributed by atoms with Crippen LogP contribution in [0, 0.1) is 0 Å². The molecule has 0 aliphatic rings. The number of aromatic nitrogens is 1. The molecule has 2 N–H and O–H groups in total. The summed E-state index contributed by atoms with van der Waals surface area (Å²) in [6.45, 7) is 1.80. The van der Waals surface area contributed by atoms with Gasteiger partial charge >= 0.3 is 6.18 Å². The van der Waals surface area contributed by atoms with E-state index in [4.69, 9.17) is 5.73 Å². The van der Waals surface area contributed by atoms with Crippen LogP contribution in [-0.2, 0) is 6.18 Å². The molecule has 2 aromatic rings. The quantitative estimate of drug-likeness (QED) is 0.898. The predicted molar refractivity (Wildman–Crippen MR) is 67.3 cm³/mol. The standard InChI is InChI=1S/C14H13F3N2/c1-9(18)12-3-2-4-13(19-12)10-5-7-11(8-6-10)14(15,16)17/h2-9H,18H2,1H3. The van der Waals surface area contributed by atoms with E-state index in [1.54, 1.807) is 25.1 Å². The Bertz CT molecular complexity index is 560. The molecule has 0 amide bonds. The highest BCUT2D eigenvalue weighted by Gasteiger charge is 2.29. The summed E-state index contributed by atoms with van der Waals surface area (Å²) in [6, 6.07) is 10.0. The molecule has 0 saturated heterocycles. The van der Waals surface area contributed by atoms with E-state index < -0.39 is 11.7 Å². The van der Waals surface area contributed by atoms with E-state index in [1.807, 2.05) is 0 Å². The Kier molecular flexibility index (Phi) is 3.57. The zero-order valence-electron chi connectivity index (χ0n) is 10.3. The minimum atomic E-state index is -4.32. The summed E-state index contributed by atoms with van der Waals surface area (Å²) >= 11 is 0. The maximum atomic E-state index is 12.5. The van der Waals surface area contributed by atoms with Gasteiger partial charge in [0.2, 0.25) is 0 Å². The Morgan fingerprint density at radius 2 is 1.68 bits per heavy atom. The van der Waals surface area contributed by atoms with Crippen molar-refractivity contribution < 1.29 is 13.2 Å². The third-order valence-electron chi connectivity index (χ3n) is 2.75. The molecule has 0 aliphatic heterocycles. The summed E-state index contributed by atoms with van der Waals surface area (Å²) in [4.78, 5) is 4.33. The van der Waals surface area contributed by atoms with Gasteiger partial charge < -0.3 is 5.73 Å². The van der Waals surface area contributed by atoms with Gasteiger partial charge in [0.05, 0.1) is 17.0 Å². The summed E-state index contributed by atoms with van der Waals surface area (Å²) in [5.41, 5.74) is 7.02. The van der Waals surface area contributed by atoms with Gasteiger partial charge in [-0.15, -0.1) is 0 Å². The Balaban J connectivity index is 2.35. The number of hydrogen-bond acceptors (Lipinski definition) is 2. The van der Waals surface area contributed by atoms with Gasteiger partial charge in [-0.3, -0.25) is 4.98 Å². The van der Waals surface area contributed by atoms with E-state index in [2.05, 4.69) is 4.98 Å². The Morgan fingerprint density at radius 1 is 1.05 bits per heavy atom. The third-order valence-corrected chi connectivity index (χ3v) is 2.75. The molecule has 1 atom stereocenters. The van der Waals surface area contributed by atoms with E-state index in [1.165, 1.54) is 12.1 Å². The Morgan fingerprint density at radius 3 is 2.21 bits per heavy atom. The lowest BCUT2D eigenvalue weighted by molar-refractivity contribution is -0.137. The molecule has 1 unspecified atom stereocenters. The van der Waals surface area contributed by atoms with Crippen LogP contribution in [-0.4, -0.2) is 4.98 Å². The molecule has 0 bridgehead atoms. The zero-order valence-corrected chi connectivity index (χ0v) is 10.3. The van der Waals surface area contributed by atoms with Gasteiger partial charge in [0.15, 0.2) is 0 Å². The number of hydrogen-bond donors (Lipinski definition) is 1. The average Bonchev–Trinajstić information content (AvgIpc) is 2.38. The summed E-state index contributed by atoms with van der Waals surface area (Å²) in [7, 11) is 0. The molecular weight excluding hydrogens is 253 g/mol. The number of halogens is 3. The maximum absolute atomic E-state index is 12.5. The van der Waals surface area contributed by atoms with E-state index in [0.717, 1.165) is 12.1 Å². The van der Waals surface area contributed by atoms with Crippen LogP contribution in [0.1, 0.15) is 24.2 Å². The first-order valence-electron chi connectivity index (χ1n) is 5.78. The lowest BCUT2D eigenvalue weighted by Crippen LogP contribution is -2.07. The van der Waals surface area contributed by atoms with Crippen LogP contribution in [0.2, 0.25) is 0 Å². The van der Waals surface area contributed by atoms with Crippen LogP contribution in [0.15, 0.2) is 42.5 Å². The molecular formula is C14H13F3N2. The number of nitrogens with zero attached hydrogens (tertiary/aromatic N) is 1. The van der Waals surface area contributed by atoms with E-state index in [9.17, 15) is 13.2 Å². The minimum absolute atomic E-state index is 0.214. The van der Waals surface area contributed by atoms with Gasteiger partial charge in [-0.2, -0.15) is 13.2 Å². The second kappa shape index (κ2) is 5.01. The highest BCUT2D eigenvalue weighted by atomic mass is 19.4. The first kappa shape index (κ1) is 13.5. The fourth-order valence-electron chi connectivity index (χ4n) is 1.70. The topological polar surface area (TPSA) is 38.9 Å². The SMILES string of the molecule is CC(N)c1cccc(-c2ccc(C(F)(F)F)cc2)n1. The molecule has 0 saturated carbocycles. The summed E-state index contributed by atoms with van der Waals surface area (Å²) in [5, 5.41) is 0. The largest absolute Gasteiger partial charge is 0.416 e. The lowest BCUT2D eigenvalue weighted by Gasteiger charge is -2.09. The zero-order chi connectivity index (χ0) is 14.0. The van der Waals surface area contributed by atoms with Crippen molar-refractivity contribution in [1.29, 1.82) is 0 Å². The first-order chi connectivity index (χ1) is 8.88. The first-order valence-corrected chi connectivity index (χ1v) is 5.78. The van der Waals surface area contributed by atoms with Crippen molar-refractivity contribution in [1.82, 2.24) is 4.98 Å². The Hall–Kier alpha value is -1.88. The number of rotatable bonds is 2. The second-order valence-corrected chi connectivity index (χ2v) is 4.31. The van der Waals surface area contributed by atoms with Crippen LogP contribution >= 0.6 is 0 Å². The molecule has 0 aliphatic carbocycles. The summed E-state index contributed by atoms with van der Waals surface area (Å²) < 4.78 is 37.4. The number of nitrogens with two attached hydrogens (primary N) is 1. The fraction of sp³-hybridized carbons (Fsp3) is 0.214. The molecule has 1 aromatic carbocycles. The van der Waals surface area contributed by atoms with Crippen molar-refractivity contribution in [3.05, 3.63) is 53.7 Å². The predicted octanol–water partition coefficient (Wildman–Crippen LogP) is 3.79. The monoisotopic (exact) mass is 266 g/mol. The molecule has 2 rings (SSSR count). The van der Waals surface area contributed by atoms with Crippen LogP contribution in [0.4, 0.5) is 13.2 Å². The smallest absolute Gasteiger partial charge is 0.323 e. The van der Waals surface area contributed by atoms with E-state index in [0.29, 0.717) is 17.0 Å². The van der Waals surface area contributed by atoms with Gasteiger partial charge in [0.1, 0.15) is 0 Å². The molecule has 1 aromatic heterocycles. The highest BCUT2D eigenvalue weighted by molar-refractivity contribution is 5.59. The summed E-state index contributed by atoms with van der Waals surface area (Å²) in [5.74, 6) is 0. The highest BCUT2D eigenvalue weighted by Crippen LogP contribution is 2.30. The van der Waals surface area contributed by atoms with Crippen molar-refractivity contribution in [3.63, 3.8) is 0 Å². The maximum Gasteiger partial charge on any atom is 0.416 e. The van der Waals surface area contributed by atoms with Gasteiger partial charge in [-0.25, -0.2) is 0 Å². The fourth-order valence-corrected chi connectivity index (χ4v) is 1.70. The molecule has 5 heteroatoms. The molecule has 2 nitrogen and oxygen atoms in total. The molecule has 1 heterocycles. The van der Waals surface area contributed by atoms with Crippen molar-refractivity contribution in [2.75, 3.05) is 0 Å². The van der Waals surface area contributed by atoms with Crippen molar-refractivity contribution >= 4 is 0 Å². The lowest BCUT2D eigenvalue weighted by atomic mass is 10.1. The van der Waals surface area contributed by atoms with Crippen molar-refractivity contribution in [2.24, 2.45) is 5.73 Å². The third kappa shape index (κ3) is 3.12. The molecule has 100 valence electrons. The normalized spacial score (nSPS) is 13.3. The van der Waals surface area contributed by atoms with Gasteiger partial charge in [0.25, 0.3) is 0 Å².